The van der Waals surface area contributed by atoms with Crippen molar-refractivity contribution in [1.82, 2.24) is 0 Å². The third-order valence-electron chi connectivity index (χ3n) is 23.8. The molecular formula is C108H60BBr3O10. The minimum absolute atomic E-state index is 0.434. The Hall–Kier alpha value is -14.2. The van der Waals surface area contributed by atoms with Crippen LogP contribution < -0.4 is 5.46 Å². The lowest BCUT2D eigenvalue weighted by Crippen LogP contribution is -2.29. The van der Waals surface area contributed by atoms with Gasteiger partial charge in [-0.05, 0) is 235 Å². The first-order valence-electron chi connectivity index (χ1n) is 40.0. The number of rotatable bonds is 8. The van der Waals surface area contributed by atoms with E-state index in [1.807, 2.05) is 84.9 Å². The molecule has 0 fully saturated rings. The van der Waals surface area contributed by atoms with Crippen molar-refractivity contribution in [2.24, 2.45) is 0 Å². The van der Waals surface area contributed by atoms with Crippen molar-refractivity contribution in [3.63, 3.8) is 0 Å². The molecule has 8 heterocycles. The number of hydrogen-bond donors (Lipinski definition) is 2. The molecule has 0 saturated carbocycles. The Morgan fingerprint density at radius 2 is 0.328 bits per heavy atom. The molecule has 8 aromatic heterocycles. The van der Waals surface area contributed by atoms with E-state index in [4.69, 9.17) is 35.3 Å². The number of furan rings is 8. The molecule has 14 heteroatoms. The molecule has 26 aromatic rings. The van der Waals surface area contributed by atoms with Gasteiger partial charge in [0.25, 0.3) is 0 Å². The van der Waals surface area contributed by atoms with Crippen LogP contribution >= 0.6 is 47.8 Å². The molecule has 10 nitrogen and oxygen atoms in total. The Morgan fingerprint density at radius 1 is 0.148 bits per heavy atom. The summed E-state index contributed by atoms with van der Waals surface area (Å²) in [7, 11) is -1.52. The molecule has 0 aliphatic carbocycles. The molecule has 2 N–H and O–H groups in total. The van der Waals surface area contributed by atoms with Gasteiger partial charge in [0.15, 0.2) is 0 Å². The molecule has 576 valence electrons. The first-order chi connectivity index (χ1) is 59.8. The van der Waals surface area contributed by atoms with Crippen LogP contribution in [0.3, 0.4) is 0 Å². The number of fused-ring (bicyclic) bond motifs is 24. The van der Waals surface area contributed by atoms with Crippen LogP contribution in [0.5, 0.6) is 0 Å². The molecule has 0 saturated heterocycles. The fourth-order valence-electron chi connectivity index (χ4n) is 17.8. The monoisotopic (exact) mass is 1760 g/mol. The predicted octanol–water partition coefficient (Wildman–Crippen LogP) is 31.9. The van der Waals surface area contributed by atoms with E-state index in [1.165, 1.54) is 0 Å². The fourth-order valence-corrected chi connectivity index (χ4v) is 20.2. The van der Waals surface area contributed by atoms with Crippen LogP contribution in [0.25, 0.3) is 253 Å². The van der Waals surface area contributed by atoms with Crippen molar-refractivity contribution in [3.8, 4) is 77.9 Å². The lowest BCUT2D eigenvalue weighted by atomic mass is 9.80. The predicted molar refractivity (Wildman–Crippen MR) is 509 cm³/mol. The molecule has 26 rings (SSSR count). The zero-order valence-electron chi connectivity index (χ0n) is 64.4. The summed E-state index contributed by atoms with van der Waals surface area (Å²) in [5.74, 6) is 0. The highest BCUT2D eigenvalue weighted by molar-refractivity contribution is 9.11. The minimum atomic E-state index is -1.52. The lowest BCUT2D eigenvalue weighted by Gasteiger charge is -2.12. The van der Waals surface area contributed by atoms with Crippen LogP contribution in [0.2, 0.25) is 0 Å². The fraction of sp³-hybridized carbons (Fsp3) is 0. The molecule has 0 radical (unpaired) electrons. The van der Waals surface area contributed by atoms with Gasteiger partial charge < -0.3 is 45.4 Å². The van der Waals surface area contributed by atoms with Gasteiger partial charge in [-0.2, -0.15) is 0 Å². The van der Waals surface area contributed by atoms with Gasteiger partial charge in [0, 0.05) is 124 Å². The second-order valence-corrected chi connectivity index (χ2v) is 33.9. The summed E-state index contributed by atoms with van der Waals surface area (Å²) in [6, 6.07) is 122. The van der Waals surface area contributed by atoms with Gasteiger partial charge in [0.1, 0.15) is 89.3 Å². The van der Waals surface area contributed by atoms with Crippen LogP contribution in [0.1, 0.15) is 0 Å². The lowest BCUT2D eigenvalue weighted by molar-refractivity contribution is 0.426. The first kappa shape index (κ1) is 71.9. The van der Waals surface area contributed by atoms with Crippen LogP contribution in [0.4, 0.5) is 0 Å². The summed E-state index contributed by atoms with van der Waals surface area (Å²) in [6.07, 6.45) is 0. The molecule has 0 bridgehead atoms. The van der Waals surface area contributed by atoms with Gasteiger partial charge >= 0.3 is 7.12 Å². The number of halogens is 3. The Morgan fingerprint density at radius 3 is 0.533 bits per heavy atom. The van der Waals surface area contributed by atoms with Crippen molar-refractivity contribution in [2.75, 3.05) is 0 Å². The van der Waals surface area contributed by atoms with Crippen LogP contribution in [0.15, 0.2) is 401 Å². The Balaban J connectivity index is 0.000000182. The average Bonchev–Trinajstić information content (AvgIpc) is 1.60. The molecule has 0 aliphatic heterocycles. The second-order valence-electron chi connectivity index (χ2n) is 31.2. The maximum atomic E-state index is 9.52. The van der Waals surface area contributed by atoms with E-state index >= 15 is 0 Å². The smallest absolute Gasteiger partial charge is 0.456 e. The van der Waals surface area contributed by atoms with Crippen molar-refractivity contribution in [2.45, 2.75) is 0 Å². The van der Waals surface area contributed by atoms with Gasteiger partial charge in [0.2, 0.25) is 0 Å². The maximum absolute atomic E-state index is 9.52. The van der Waals surface area contributed by atoms with Crippen molar-refractivity contribution in [1.29, 1.82) is 0 Å². The van der Waals surface area contributed by atoms with Gasteiger partial charge in [-0.25, -0.2) is 0 Å². The van der Waals surface area contributed by atoms with Crippen molar-refractivity contribution < 1.29 is 45.4 Å². The first-order valence-corrected chi connectivity index (χ1v) is 42.4. The highest BCUT2D eigenvalue weighted by Crippen LogP contribution is 2.47. The van der Waals surface area contributed by atoms with E-state index in [0.717, 1.165) is 256 Å². The minimum Gasteiger partial charge on any atom is -0.456 e. The van der Waals surface area contributed by atoms with E-state index in [-0.39, 0.29) is 0 Å². The van der Waals surface area contributed by atoms with Gasteiger partial charge in [-0.1, -0.05) is 224 Å². The highest BCUT2D eigenvalue weighted by Gasteiger charge is 2.23. The molecule has 0 unspecified atom stereocenters. The molecule has 0 atom stereocenters. The molecule has 122 heavy (non-hydrogen) atoms. The zero-order valence-corrected chi connectivity index (χ0v) is 69.1. The zero-order chi connectivity index (χ0) is 81.1. The standard InChI is InChI=1S/C78H42O6.C24H15BO4.C6H3Br3/c1-4-10-43(11-5-1)46-16-22-67-55(31-46)61-37-64-58-34-49(19-25-70(58)82-76(64)40-73(61)79-67)52-28-53(50-20-26-71-59(35-50)65-38-62-56-32-47(44-12-6-2-7-13-44)17-23-68(56)80-74(62)41-77(65)83-71)30-54(29-52)51-21-27-72-60(36-51)66-39-63-57-33-48(45-14-8-3-9-15-45)18-24-69(57)81-75(63)42-78(66)84-72;26-25(27)16-7-9-22-18(11-16)20-12-19-17-10-15(14-4-2-1-3-5-14)6-8-21(17)28-23(19)13-24(20)29-22;7-4-1-5(8)3-6(9)2-4/h1-42H;1-13,26-27H;1-3H. The Labute approximate surface area is 718 Å². The van der Waals surface area contributed by atoms with Crippen LogP contribution in [-0.2, 0) is 0 Å². The van der Waals surface area contributed by atoms with E-state index < -0.39 is 7.12 Å². The average molecular weight is 1770 g/mol. The molecule has 0 amide bonds. The maximum Gasteiger partial charge on any atom is 0.488 e. The highest BCUT2D eigenvalue weighted by atomic mass is 79.9. The molecular weight excluding hydrogens is 1710 g/mol. The quantitative estimate of drug-likeness (QED) is 0.141. The summed E-state index contributed by atoms with van der Waals surface area (Å²) < 4.78 is 54.5. The van der Waals surface area contributed by atoms with E-state index in [9.17, 15) is 10.0 Å². The van der Waals surface area contributed by atoms with Crippen molar-refractivity contribution >= 4 is 236 Å². The number of benzene rings is 18. The summed E-state index contributed by atoms with van der Waals surface area (Å²) in [5, 5.41) is 35.4. The molecule has 0 aliphatic rings. The topological polar surface area (TPSA) is 146 Å². The summed E-state index contributed by atoms with van der Waals surface area (Å²) in [6.45, 7) is 0. The van der Waals surface area contributed by atoms with Gasteiger partial charge in [0.05, 0.1) is 0 Å². The molecule has 0 spiro atoms. The van der Waals surface area contributed by atoms with Gasteiger partial charge in [-0.3, -0.25) is 0 Å². The third kappa shape index (κ3) is 12.4. The van der Waals surface area contributed by atoms with E-state index in [1.54, 1.807) is 18.2 Å². The van der Waals surface area contributed by atoms with E-state index in [0.29, 0.717) is 16.6 Å². The number of hydrogen-bond acceptors (Lipinski definition) is 10. The van der Waals surface area contributed by atoms with Gasteiger partial charge in [-0.15, -0.1) is 0 Å². The summed E-state index contributed by atoms with van der Waals surface area (Å²) in [5.41, 5.74) is 28.7. The third-order valence-corrected chi connectivity index (χ3v) is 25.1. The van der Waals surface area contributed by atoms with E-state index in [2.05, 4.69) is 297 Å². The second kappa shape index (κ2) is 28.5. The SMILES string of the molecule is Brc1cc(Br)cc(Br)c1.OB(O)c1ccc2oc3cc4oc5ccc(-c6ccccc6)cc5c4cc3c2c1.c1ccc(-c2ccc3oc4cc5oc6ccc(-c7cc(-c8ccc9oc%10cc%11oc%12ccc(-c%13ccccc%13)cc%12c%11cc%10c9c8)cc(-c8ccc9oc%10cc%11oc%12ccc(-c%13ccccc%13)cc%12c%11cc%10c9c8)c7)cc6c5cc4c3c2)cc1. The summed E-state index contributed by atoms with van der Waals surface area (Å²) >= 11 is 10.1. The largest absolute Gasteiger partial charge is 0.488 e. The van der Waals surface area contributed by atoms with Crippen LogP contribution in [0, 0.1) is 0 Å². The van der Waals surface area contributed by atoms with Crippen LogP contribution in [-0.4, -0.2) is 17.2 Å². The van der Waals surface area contributed by atoms with Crippen molar-refractivity contribution in [3.05, 3.63) is 365 Å². The summed E-state index contributed by atoms with van der Waals surface area (Å²) in [4.78, 5) is 0. The normalized spacial score (nSPS) is 12.0. The molecule has 18 aromatic carbocycles. The Kier molecular flexibility index (Phi) is 16.8. The Bertz CT molecular complexity index is 8140.